The number of nitrogen functional groups attached to an aromatic ring is 1. The number of ether oxygens (including phenoxy) is 1. The van der Waals surface area contributed by atoms with Gasteiger partial charge in [-0.25, -0.2) is 0 Å². The minimum atomic E-state index is 0.0578. The van der Waals surface area contributed by atoms with Crippen molar-refractivity contribution < 1.29 is 9.53 Å². The fourth-order valence-corrected chi connectivity index (χ4v) is 3.94. The topological polar surface area (TPSA) is 87.8 Å². The highest BCUT2D eigenvalue weighted by Gasteiger charge is 2.31. The first-order valence-electron chi connectivity index (χ1n) is 11.2. The lowest BCUT2D eigenvalue weighted by Gasteiger charge is -2.34. The first kappa shape index (κ1) is 21.8. The summed E-state index contributed by atoms with van der Waals surface area (Å²) in [5.74, 6) is 1.07. The number of fused-ring (bicyclic) bond motifs is 1. The van der Waals surface area contributed by atoms with E-state index in [2.05, 4.69) is 33.6 Å². The second-order valence-corrected chi connectivity index (χ2v) is 7.95. The number of carbonyl (C=O) groups excluding carboxylic acids is 1. The lowest BCUT2D eigenvalue weighted by atomic mass is 10.2. The molecule has 1 aromatic rings. The van der Waals surface area contributed by atoms with Crippen molar-refractivity contribution >= 4 is 17.5 Å². The quantitative estimate of drug-likeness (QED) is 0.564. The molecule has 3 heterocycles. The number of amides is 1. The minimum absolute atomic E-state index is 0.0578. The molecule has 8 heteroatoms. The van der Waals surface area contributed by atoms with E-state index in [1.54, 1.807) is 4.90 Å². The number of rotatable bonds is 11. The lowest BCUT2D eigenvalue weighted by Crippen LogP contribution is -2.46. The smallest absolute Gasteiger partial charge is 0.320 e. The molecular weight excluding hydrogens is 368 g/mol. The summed E-state index contributed by atoms with van der Waals surface area (Å²) in [6.45, 7) is 12.6. The molecule has 3 rings (SSSR count). The van der Waals surface area contributed by atoms with Crippen LogP contribution in [-0.4, -0.2) is 78.1 Å². The van der Waals surface area contributed by atoms with Gasteiger partial charge in [-0.15, -0.1) is 0 Å². The van der Waals surface area contributed by atoms with Crippen LogP contribution in [0.5, 0.6) is 6.01 Å². The Kier molecular flexibility index (Phi) is 8.06. The fraction of sp³-hybridized carbons (Fsp3) is 0.762. The number of carbonyl (C=O) groups is 1. The van der Waals surface area contributed by atoms with Gasteiger partial charge in [0.2, 0.25) is 5.91 Å². The second-order valence-electron chi connectivity index (χ2n) is 7.95. The van der Waals surface area contributed by atoms with Gasteiger partial charge in [-0.2, -0.15) is 9.97 Å². The molecule has 0 radical (unpaired) electrons. The Labute approximate surface area is 174 Å². The van der Waals surface area contributed by atoms with Gasteiger partial charge in [0.15, 0.2) is 0 Å². The van der Waals surface area contributed by atoms with Crippen molar-refractivity contribution in [2.24, 2.45) is 0 Å². The maximum atomic E-state index is 12.5. The molecule has 1 saturated heterocycles. The second kappa shape index (κ2) is 10.7. The number of likely N-dealkylation sites (N-methyl/N-ethyl adjacent to an activating group) is 1. The first-order chi connectivity index (χ1) is 14.1. The molecule has 0 spiro atoms. The molecule has 0 bridgehead atoms. The van der Waals surface area contributed by atoms with Gasteiger partial charge in [0.25, 0.3) is 0 Å². The molecule has 29 heavy (non-hydrogen) atoms. The van der Waals surface area contributed by atoms with Crippen molar-refractivity contribution in [3.05, 3.63) is 5.56 Å². The molecular formula is C21H36N6O2. The maximum absolute atomic E-state index is 12.5. The predicted molar refractivity (Wildman–Crippen MR) is 115 cm³/mol. The minimum Gasteiger partial charge on any atom is -0.463 e. The lowest BCUT2D eigenvalue weighted by molar-refractivity contribution is -0.117. The standard InChI is InChI=1S/C21H36N6O2/c1-3-5-15-29-21-23-19(22)17-16-18(28)27(20(17)24-21)10-8-6-7-9-26-13-11-25(4-2)12-14-26/h3-16H2,1-2H3,(H2,22,23,24). The zero-order valence-corrected chi connectivity index (χ0v) is 18.0. The zero-order valence-electron chi connectivity index (χ0n) is 18.0. The van der Waals surface area contributed by atoms with Gasteiger partial charge in [-0.3, -0.25) is 9.69 Å². The molecule has 2 N–H and O–H groups in total. The van der Waals surface area contributed by atoms with Gasteiger partial charge in [0.05, 0.1) is 13.0 Å². The molecule has 2 aliphatic rings. The molecule has 0 unspecified atom stereocenters. The van der Waals surface area contributed by atoms with Crippen LogP contribution in [0.2, 0.25) is 0 Å². The van der Waals surface area contributed by atoms with Crippen LogP contribution in [0.1, 0.15) is 51.5 Å². The van der Waals surface area contributed by atoms with Crippen molar-refractivity contribution in [2.45, 2.75) is 52.4 Å². The van der Waals surface area contributed by atoms with Crippen LogP contribution in [0.15, 0.2) is 0 Å². The molecule has 8 nitrogen and oxygen atoms in total. The van der Waals surface area contributed by atoms with Crippen molar-refractivity contribution in [3.63, 3.8) is 0 Å². The van der Waals surface area contributed by atoms with Gasteiger partial charge in [0.1, 0.15) is 11.6 Å². The van der Waals surface area contributed by atoms with E-state index in [9.17, 15) is 4.79 Å². The van der Waals surface area contributed by atoms with Crippen LogP contribution >= 0.6 is 0 Å². The van der Waals surface area contributed by atoms with Crippen LogP contribution in [0.4, 0.5) is 11.6 Å². The normalized spacial score (nSPS) is 17.7. The summed E-state index contributed by atoms with van der Waals surface area (Å²) in [4.78, 5) is 28.0. The van der Waals surface area contributed by atoms with Crippen LogP contribution in [0.25, 0.3) is 0 Å². The average molecular weight is 405 g/mol. The van der Waals surface area contributed by atoms with Crippen molar-refractivity contribution in [1.29, 1.82) is 0 Å². The van der Waals surface area contributed by atoms with E-state index >= 15 is 0 Å². The number of unbranched alkanes of at least 4 members (excludes halogenated alkanes) is 3. The third kappa shape index (κ3) is 5.79. The third-order valence-electron chi connectivity index (χ3n) is 5.88. The molecule has 1 amide bonds. The first-order valence-corrected chi connectivity index (χ1v) is 11.2. The van der Waals surface area contributed by atoms with Crippen molar-refractivity contribution in [1.82, 2.24) is 19.8 Å². The summed E-state index contributed by atoms with van der Waals surface area (Å²) in [5, 5.41) is 0. The Balaban J connectivity index is 1.45. The number of piperazine rings is 1. The fourth-order valence-electron chi connectivity index (χ4n) is 3.94. The van der Waals surface area contributed by atoms with Gasteiger partial charge in [-0.1, -0.05) is 26.7 Å². The molecule has 0 saturated carbocycles. The van der Waals surface area contributed by atoms with E-state index < -0.39 is 0 Å². The third-order valence-corrected chi connectivity index (χ3v) is 5.88. The molecule has 1 fully saturated rings. The summed E-state index contributed by atoms with van der Waals surface area (Å²) < 4.78 is 5.61. The Morgan fingerprint density at radius 3 is 2.41 bits per heavy atom. The van der Waals surface area contributed by atoms with Crippen molar-refractivity contribution in [2.75, 3.05) is 63.1 Å². The number of hydrogen-bond donors (Lipinski definition) is 1. The van der Waals surface area contributed by atoms with E-state index in [1.807, 2.05) is 0 Å². The Morgan fingerprint density at radius 1 is 0.966 bits per heavy atom. The Bertz CT molecular complexity index is 675. The Hall–Kier alpha value is -1.93. The number of nitrogens with two attached hydrogens (primary N) is 1. The number of anilines is 2. The van der Waals surface area contributed by atoms with E-state index in [-0.39, 0.29) is 18.3 Å². The average Bonchev–Trinajstić information content (AvgIpc) is 3.04. The monoisotopic (exact) mass is 404 g/mol. The number of aromatic nitrogens is 2. The SMILES string of the molecule is CCCCOc1nc(N)c2c(n1)N(CCCCCN1CCN(CC)CC1)C(=O)C2. The highest BCUT2D eigenvalue weighted by atomic mass is 16.5. The van der Waals surface area contributed by atoms with Crippen molar-refractivity contribution in [3.8, 4) is 6.01 Å². The molecule has 1 aromatic heterocycles. The van der Waals surface area contributed by atoms with Crippen LogP contribution in [0, 0.1) is 0 Å². The van der Waals surface area contributed by atoms with Gasteiger partial charge in [-0.05, 0) is 32.4 Å². The summed E-state index contributed by atoms with van der Waals surface area (Å²) in [6.07, 6.45) is 5.51. The van der Waals surface area contributed by atoms with E-state index in [0.29, 0.717) is 24.8 Å². The molecule has 2 aliphatic heterocycles. The highest BCUT2D eigenvalue weighted by Crippen LogP contribution is 2.32. The van der Waals surface area contributed by atoms with Gasteiger partial charge < -0.3 is 20.3 Å². The maximum Gasteiger partial charge on any atom is 0.320 e. The summed E-state index contributed by atoms with van der Waals surface area (Å²) in [6, 6.07) is 0.278. The largest absolute Gasteiger partial charge is 0.463 e. The van der Waals surface area contributed by atoms with Crippen LogP contribution in [-0.2, 0) is 11.2 Å². The number of nitrogens with zero attached hydrogens (tertiary/aromatic N) is 5. The van der Waals surface area contributed by atoms with E-state index in [4.69, 9.17) is 10.5 Å². The predicted octanol–water partition coefficient (Wildman–Crippen LogP) is 1.93. The molecule has 0 aliphatic carbocycles. The summed E-state index contributed by atoms with van der Waals surface area (Å²) in [5.41, 5.74) is 6.80. The van der Waals surface area contributed by atoms with E-state index in [0.717, 1.165) is 50.8 Å². The highest BCUT2D eigenvalue weighted by molar-refractivity contribution is 6.01. The summed E-state index contributed by atoms with van der Waals surface area (Å²) in [7, 11) is 0. The van der Waals surface area contributed by atoms with Gasteiger partial charge >= 0.3 is 6.01 Å². The summed E-state index contributed by atoms with van der Waals surface area (Å²) >= 11 is 0. The van der Waals surface area contributed by atoms with Crippen LogP contribution < -0.4 is 15.4 Å². The molecule has 162 valence electrons. The van der Waals surface area contributed by atoms with Gasteiger partial charge in [0, 0.05) is 38.3 Å². The van der Waals surface area contributed by atoms with Crippen LogP contribution in [0.3, 0.4) is 0 Å². The Morgan fingerprint density at radius 2 is 1.69 bits per heavy atom. The number of hydrogen-bond acceptors (Lipinski definition) is 7. The zero-order chi connectivity index (χ0) is 20.6. The molecule has 0 atom stereocenters. The van der Waals surface area contributed by atoms with E-state index in [1.165, 1.54) is 26.2 Å². The molecule has 0 aromatic carbocycles.